The molecule has 132 valence electrons. The number of amides is 1. The van der Waals surface area contributed by atoms with Crippen molar-refractivity contribution in [3.05, 3.63) is 76.1 Å². The highest BCUT2D eigenvalue weighted by molar-refractivity contribution is 6.30. The van der Waals surface area contributed by atoms with E-state index in [0.717, 1.165) is 28.1 Å². The first-order valence-corrected chi connectivity index (χ1v) is 8.54. The summed E-state index contributed by atoms with van der Waals surface area (Å²) in [6, 6.07) is 11.4. The third-order valence-electron chi connectivity index (χ3n) is 3.98. The standard InChI is InChI=1S/C20H19ClN4O/c1-12-4-6-17(13(2)8-12)24-19(26)15-10-22-20(23-11-15)25-18-7-5-16(21)9-14(18)3/h4-11H,1-3H3,(H,24,26)(H,22,23,25). The molecule has 0 unspecified atom stereocenters. The van der Waals surface area contributed by atoms with Gasteiger partial charge in [0.1, 0.15) is 0 Å². The average molecular weight is 367 g/mol. The summed E-state index contributed by atoms with van der Waals surface area (Å²) in [6.45, 7) is 5.92. The Morgan fingerprint density at radius 2 is 1.58 bits per heavy atom. The highest BCUT2D eigenvalue weighted by atomic mass is 35.5. The molecule has 0 saturated carbocycles. The van der Waals surface area contributed by atoms with Gasteiger partial charge in [-0.3, -0.25) is 4.79 Å². The lowest BCUT2D eigenvalue weighted by Gasteiger charge is -2.10. The first-order chi connectivity index (χ1) is 12.4. The average Bonchev–Trinajstić information content (AvgIpc) is 2.60. The lowest BCUT2D eigenvalue weighted by atomic mass is 10.1. The number of anilines is 3. The van der Waals surface area contributed by atoms with Crippen molar-refractivity contribution in [2.24, 2.45) is 0 Å². The molecular weight excluding hydrogens is 348 g/mol. The van der Waals surface area contributed by atoms with E-state index in [1.54, 1.807) is 6.07 Å². The first-order valence-electron chi connectivity index (χ1n) is 8.16. The Morgan fingerprint density at radius 1 is 0.923 bits per heavy atom. The van der Waals surface area contributed by atoms with Crippen LogP contribution in [0.3, 0.4) is 0 Å². The number of carbonyl (C=O) groups is 1. The van der Waals surface area contributed by atoms with Gasteiger partial charge in [-0.05, 0) is 56.2 Å². The maximum Gasteiger partial charge on any atom is 0.258 e. The smallest absolute Gasteiger partial charge is 0.258 e. The Hall–Kier alpha value is -2.92. The van der Waals surface area contributed by atoms with E-state index in [1.807, 2.05) is 51.1 Å². The molecule has 0 atom stereocenters. The minimum absolute atomic E-state index is 0.244. The lowest BCUT2D eigenvalue weighted by Crippen LogP contribution is -2.14. The van der Waals surface area contributed by atoms with E-state index >= 15 is 0 Å². The Labute approximate surface area is 157 Å². The lowest BCUT2D eigenvalue weighted by molar-refractivity contribution is 0.102. The fourth-order valence-electron chi connectivity index (χ4n) is 2.55. The fourth-order valence-corrected chi connectivity index (χ4v) is 2.77. The largest absolute Gasteiger partial charge is 0.324 e. The maximum absolute atomic E-state index is 12.4. The zero-order chi connectivity index (χ0) is 18.7. The Morgan fingerprint density at radius 3 is 2.23 bits per heavy atom. The third kappa shape index (κ3) is 4.18. The number of benzene rings is 2. The normalized spacial score (nSPS) is 10.5. The molecule has 3 rings (SSSR count). The second-order valence-corrected chi connectivity index (χ2v) is 6.59. The van der Waals surface area contributed by atoms with E-state index in [4.69, 9.17) is 11.6 Å². The molecule has 5 nitrogen and oxygen atoms in total. The summed E-state index contributed by atoms with van der Waals surface area (Å²) < 4.78 is 0. The number of halogens is 1. The molecule has 26 heavy (non-hydrogen) atoms. The van der Waals surface area contributed by atoms with Crippen LogP contribution in [-0.4, -0.2) is 15.9 Å². The van der Waals surface area contributed by atoms with Crippen molar-refractivity contribution in [1.82, 2.24) is 9.97 Å². The summed E-state index contributed by atoms with van der Waals surface area (Å²) >= 11 is 5.96. The minimum atomic E-state index is -0.244. The maximum atomic E-state index is 12.4. The van der Waals surface area contributed by atoms with Gasteiger partial charge in [-0.2, -0.15) is 0 Å². The van der Waals surface area contributed by atoms with Gasteiger partial charge in [-0.15, -0.1) is 0 Å². The van der Waals surface area contributed by atoms with Crippen molar-refractivity contribution in [3.8, 4) is 0 Å². The molecule has 0 bridgehead atoms. The predicted octanol–water partition coefficient (Wildman–Crippen LogP) is 5.05. The van der Waals surface area contributed by atoms with Crippen LogP contribution in [-0.2, 0) is 0 Å². The van der Waals surface area contributed by atoms with Gasteiger partial charge in [0, 0.05) is 28.8 Å². The Kier molecular flexibility index (Phi) is 5.19. The fraction of sp³-hybridized carbons (Fsp3) is 0.150. The summed E-state index contributed by atoms with van der Waals surface area (Å²) in [4.78, 5) is 20.8. The molecule has 0 aliphatic heterocycles. The van der Waals surface area contributed by atoms with Crippen molar-refractivity contribution in [3.63, 3.8) is 0 Å². The van der Waals surface area contributed by atoms with E-state index in [0.29, 0.717) is 16.5 Å². The number of aromatic nitrogens is 2. The van der Waals surface area contributed by atoms with Crippen LogP contribution < -0.4 is 10.6 Å². The predicted molar refractivity (Wildman–Crippen MR) is 105 cm³/mol. The van der Waals surface area contributed by atoms with Crippen molar-refractivity contribution in [2.45, 2.75) is 20.8 Å². The minimum Gasteiger partial charge on any atom is -0.324 e. The third-order valence-corrected chi connectivity index (χ3v) is 4.21. The molecule has 1 aromatic heterocycles. The van der Waals surface area contributed by atoms with E-state index in [-0.39, 0.29) is 5.91 Å². The zero-order valence-electron chi connectivity index (χ0n) is 14.8. The van der Waals surface area contributed by atoms with Crippen LogP contribution in [0.5, 0.6) is 0 Å². The molecule has 3 aromatic rings. The van der Waals surface area contributed by atoms with Crippen molar-refractivity contribution in [2.75, 3.05) is 10.6 Å². The van der Waals surface area contributed by atoms with Gasteiger partial charge in [0.05, 0.1) is 5.56 Å². The number of hydrogen-bond donors (Lipinski definition) is 2. The van der Waals surface area contributed by atoms with Crippen molar-refractivity contribution < 1.29 is 4.79 Å². The molecule has 6 heteroatoms. The molecule has 0 radical (unpaired) electrons. The SMILES string of the molecule is Cc1ccc(NC(=O)c2cnc(Nc3ccc(Cl)cc3C)nc2)c(C)c1. The summed E-state index contributed by atoms with van der Waals surface area (Å²) in [5.74, 6) is 0.171. The molecule has 0 saturated heterocycles. The molecule has 0 aliphatic carbocycles. The highest BCUT2D eigenvalue weighted by Crippen LogP contribution is 2.22. The van der Waals surface area contributed by atoms with Gasteiger partial charge in [0.25, 0.3) is 5.91 Å². The summed E-state index contributed by atoms with van der Waals surface area (Å²) in [7, 11) is 0. The molecule has 0 fully saturated rings. The number of nitrogens with zero attached hydrogens (tertiary/aromatic N) is 2. The zero-order valence-corrected chi connectivity index (χ0v) is 15.6. The van der Waals surface area contributed by atoms with Gasteiger partial charge in [-0.1, -0.05) is 29.3 Å². The number of rotatable bonds is 4. The first kappa shape index (κ1) is 17.9. The summed E-state index contributed by atoms with van der Waals surface area (Å²) in [5, 5.41) is 6.68. The van der Waals surface area contributed by atoms with Gasteiger partial charge in [-0.25, -0.2) is 9.97 Å². The number of hydrogen-bond acceptors (Lipinski definition) is 4. The van der Waals surface area contributed by atoms with E-state index in [9.17, 15) is 4.79 Å². The molecule has 2 aromatic carbocycles. The highest BCUT2D eigenvalue weighted by Gasteiger charge is 2.10. The van der Waals surface area contributed by atoms with Crippen LogP contribution in [0.1, 0.15) is 27.0 Å². The molecule has 2 N–H and O–H groups in total. The molecule has 0 aliphatic rings. The quantitative estimate of drug-likeness (QED) is 0.678. The van der Waals surface area contributed by atoms with Gasteiger partial charge >= 0.3 is 0 Å². The van der Waals surface area contributed by atoms with E-state index < -0.39 is 0 Å². The van der Waals surface area contributed by atoms with E-state index in [1.165, 1.54) is 12.4 Å². The van der Waals surface area contributed by atoms with Gasteiger partial charge in [0.2, 0.25) is 5.95 Å². The van der Waals surface area contributed by atoms with Crippen molar-refractivity contribution >= 4 is 34.8 Å². The van der Waals surface area contributed by atoms with E-state index in [2.05, 4.69) is 20.6 Å². The van der Waals surface area contributed by atoms with Crippen LogP contribution in [0.15, 0.2) is 48.8 Å². The summed E-state index contributed by atoms with van der Waals surface area (Å²) in [5.41, 5.74) is 5.18. The molecule has 1 heterocycles. The number of nitrogens with one attached hydrogen (secondary N) is 2. The second-order valence-electron chi connectivity index (χ2n) is 6.15. The molecular formula is C20H19ClN4O. The Bertz CT molecular complexity index is 955. The molecule has 0 spiro atoms. The van der Waals surface area contributed by atoms with Crippen LogP contribution in [0.4, 0.5) is 17.3 Å². The van der Waals surface area contributed by atoms with Crippen molar-refractivity contribution in [1.29, 1.82) is 0 Å². The van der Waals surface area contributed by atoms with Gasteiger partial charge in [0.15, 0.2) is 0 Å². The number of aryl methyl sites for hydroxylation is 3. The van der Waals surface area contributed by atoms with Crippen LogP contribution in [0, 0.1) is 20.8 Å². The second kappa shape index (κ2) is 7.54. The topological polar surface area (TPSA) is 66.9 Å². The van der Waals surface area contributed by atoms with Crippen LogP contribution in [0.25, 0.3) is 0 Å². The monoisotopic (exact) mass is 366 g/mol. The Balaban J connectivity index is 1.71. The van der Waals surface area contributed by atoms with Gasteiger partial charge < -0.3 is 10.6 Å². The molecule has 1 amide bonds. The number of carbonyl (C=O) groups excluding carboxylic acids is 1. The summed E-state index contributed by atoms with van der Waals surface area (Å²) in [6.07, 6.45) is 3.00. The van der Waals surface area contributed by atoms with Crippen LogP contribution >= 0.6 is 11.6 Å². The van der Waals surface area contributed by atoms with Crippen LogP contribution in [0.2, 0.25) is 5.02 Å².